The van der Waals surface area contributed by atoms with Gasteiger partial charge in [-0.25, -0.2) is 0 Å². The van der Waals surface area contributed by atoms with Gasteiger partial charge in [-0.15, -0.1) is 10.2 Å². The first kappa shape index (κ1) is 26.1. The number of rotatable bonds is 7. The van der Waals surface area contributed by atoms with Crippen molar-refractivity contribution in [2.75, 3.05) is 31.1 Å². The highest BCUT2D eigenvalue weighted by Crippen LogP contribution is 2.25. The summed E-state index contributed by atoms with van der Waals surface area (Å²) >= 11 is 6.22. The summed E-state index contributed by atoms with van der Waals surface area (Å²) in [5.41, 5.74) is 4.13. The average Bonchev–Trinajstić information content (AvgIpc) is 3.41. The summed E-state index contributed by atoms with van der Waals surface area (Å²) in [5.74, 6) is 1.29. The predicted molar refractivity (Wildman–Crippen MR) is 158 cm³/mol. The van der Waals surface area contributed by atoms with Crippen LogP contribution in [-0.4, -0.2) is 56.2 Å². The number of hydrogen-bond donors (Lipinski definition) is 0. The van der Waals surface area contributed by atoms with Crippen LogP contribution in [0.3, 0.4) is 0 Å². The normalized spacial score (nSPS) is 13.8. The Hall–Kier alpha value is -4.17. The number of hydrogen-bond acceptors (Lipinski definition) is 5. The van der Waals surface area contributed by atoms with Gasteiger partial charge in [-0.05, 0) is 48.7 Å². The number of aromatic nitrogens is 4. The molecule has 2 aromatic heterocycles. The first-order valence-electron chi connectivity index (χ1n) is 13.7. The monoisotopic (exact) mass is 554 g/mol. The van der Waals surface area contributed by atoms with Crippen molar-refractivity contribution in [1.29, 1.82) is 0 Å². The molecule has 3 aromatic carbocycles. The minimum absolute atomic E-state index is 0.0816. The lowest BCUT2D eigenvalue weighted by molar-refractivity contribution is -0.131. The van der Waals surface area contributed by atoms with E-state index < -0.39 is 0 Å². The van der Waals surface area contributed by atoms with Gasteiger partial charge in [0, 0.05) is 56.3 Å². The molecular formula is C31H31ClN6O2. The molecule has 40 heavy (non-hydrogen) atoms. The number of fused-ring (bicyclic) bond motifs is 3. The minimum atomic E-state index is -0.0816. The molecule has 3 heterocycles. The predicted octanol–water partition coefficient (Wildman–Crippen LogP) is 4.53. The Bertz CT molecular complexity index is 1740. The van der Waals surface area contributed by atoms with Gasteiger partial charge in [-0.2, -0.15) is 0 Å². The molecule has 0 spiro atoms. The molecule has 8 nitrogen and oxygen atoms in total. The second-order valence-electron chi connectivity index (χ2n) is 10.3. The molecule has 1 aliphatic rings. The Balaban J connectivity index is 1.19. The Kier molecular flexibility index (Phi) is 7.26. The number of anilines is 1. The second kappa shape index (κ2) is 11.1. The van der Waals surface area contributed by atoms with Crippen molar-refractivity contribution in [2.45, 2.75) is 32.7 Å². The quantitative estimate of drug-likeness (QED) is 0.295. The van der Waals surface area contributed by atoms with Gasteiger partial charge in [0.15, 0.2) is 0 Å². The molecule has 0 unspecified atom stereocenters. The SMILES string of the molecule is Cc1ccc(Cl)cc1N1CCN(C(=O)CCc2nnc3n(CCc4ccccc4)c(=O)c4ccccc4n23)CC1. The van der Waals surface area contributed by atoms with Gasteiger partial charge >= 0.3 is 0 Å². The molecular weight excluding hydrogens is 524 g/mol. The van der Waals surface area contributed by atoms with Gasteiger partial charge in [0.1, 0.15) is 5.82 Å². The number of halogens is 1. The van der Waals surface area contributed by atoms with Crippen molar-refractivity contribution in [3.05, 3.63) is 105 Å². The molecule has 204 valence electrons. The van der Waals surface area contributed by atoms with Crippen LogP contribution in [0, 0.1) is 6.92 Å². The molecule has 1 fully saturated rings. The molecule has 1 aliphatic heterocycles. The summed E-state index contributed by atoms with van der Waals surface area (Å²) in [6.45, 7) is 5.42. The maximum atomic E-state index is 13.4. The van der Waals surface area contributed by atoms with Gasteiger partial charge in [0.05, 0.1) is 10.9 Å². The van der Waals surface area contributed by atoms with Crippen LogP contribution in [0.2, 0.25) is 5.02 Å². The van der Waals surface area contributed by atoms with Crippen LogP contribution in [0.25, 0.3) is 16.7 Å². The second-order valence-corrected chi connectivity index (χ2v) is 10.7. The van der Waals surface area contributed by atoms with Crippen LogP contribution in [0.5, 0.6) is 0 Å². The molecule has 0 aliphatic carbocycles. The largest absolute Gasteiger partial charge is 0.368 e. The molecule has 0 saturated carbocycles. The minimum Gasteiger partial charge on any atom is -0.368 e. The standard InChI is InChI=1S/C31H31ClN6O2/c1-22-11-12-24(32)21-27(22)35-17-19-36(20-18-35)29(39)14-13-28-33-34-31-37(16-15-23-7-3-2-4-8-23)30(40)25-9-5-6-10-26(25)38(28)31/h2-12,21H,13-20H2,1H3. The van der Waals surface area contributed by atoms with E-state index in [0.717, 1.165) is 34.9 Å². The third-order valence-electron chi connectivity index (χ3n) is 7.75. The summed E-state index contributed by atoms with van der Waals surface area (Å²) in [6, 6.07) is 23.6. The van der Waals surface area contributed by atoms with Crippen LogP contribution >= 0.6 is 11.6 Å². The van der Waals surface area contributed by atoms with Crippen molar-refractivity contribution in [3.63, 3.8) is 0 Å². The number of amides is 1. The smallest absolute Gasteiger partial charge is 0.262 e. The van der Waals surface area contributed by atoms with Crippen molar-refractivity contribution >= 4 is 39.9 Å². The lowest BCUT2D eigenvalue weighted by atomic mass is 10.1. The molecule has 1 amide bonds. The Morgan fingerprint density at radius 3 is 2.45 bits per heavy atom. The summed E-state index contributed by atoms with van der Waals surface area (Å²) in [6.07, 6.45) is 1.47. The molecule has 0 atom stereocenters. The zero-order chi connectivity index (χ0) is 27.6. The van der Waals surface area contributed by atoms with E-state index in [1.165, 1.54) is 5.56 Å². The summed E-state index contributed by atoms with van der Waals surface area (Å²) in [7, 11) is 0. The molecule has 5 aromatic rings. The highest BCUT2D eigenvalue weighted by Gasteiger charge is 2.23. The number of carbonyl (C=O) groups excluding carboxylic acids is 1. The number of nitrogens with zero attached hydrogens (tertiary/aromatic N) is 6. The van der Waals surface area contributed by atoms with Gasteiger partial charge in [0.25, 0.3) is 5.56 Å². The topological polar surface area (TPSA) is 75.7 Å². The van der Waals surface area contributed by atoms with Gasteiger partial charge in [-0.3, -0.25) is 18.6 Å². The molecule has 1 saturated heterocycles. The Morgan fingerprint density at radius 1 is 0.900 bits per heavy atom. The number of aryl methyl sites for hydroxylation is 4. The lowest BCUT2D eigenvalue weighted by Gasteiger charge is -2.37. The van der Waals surface area contributed by atoms with E-state index >= 15 is 0 Å². The van der Waals surface area contributed by atoms with E-state index in [9.17, 15) is 9.59 Å². The third-order valence-corrected chi connectivity index (χ3v) is 7.98. The zero-order valence-corrected chi connectivity index (χ0v) is 23.2. The highest BCUT2D eigenvalue weighted by molar-refractivity contribution is 6.30. The van der Waals surface area contributed by atoms with Crippen molar-refractivity contribution in [1.82, 2.24) is 24.1 Å². The fourth-order valence-electron chi connectivity index (χ4n) is 5.56. The molecule has 9 heteroatoms. The maximum Gasteiger partial charge on any atom is 0.262 e. The molecule has 0 bridgehead atoms. The number of piperazine rings is 1. The highest BCUT2D eigenvalue weighted by atomic mass is 35.5. The van der Waals surface area contributed by atoms with E-state index in [1.807, 2.05) is 70.0 Å². The van der Waals surface area contributed by atoms with E-state index in [0.29, 0.717) is 55.9 Å². The van der Waals surface area contributed by atoms with Gasteiger partial charge in [-0.1, -0.05) is 60.1 Å². The van der Waals surface area contributed by atoms with Crippen molar-refractivity contribution in [3.8, 4) is 0 Å². The average molecular weight is 555 g/mol. The van der Waals surface area contributed by atoms with Crippen LogP contribution < -0.4 is 10.5 Å². The van der Waals surface area contributed by atoms with Crippen molar-refractivity contribution in [2.24, 2.45) is 0 Å². The molecule has 0 radical (unpaired) electrons. The van der Waals surface area contributed by atoms with Gasteiger partial charge < -0.3 is 9.80 Å². The van der Waals surface area contributed by atoms with Gasteiger partial charge in [0.2, 0.25) is 11.7 Å². The number of carbonyl (C=O) groups is 1. The number of benzene rings is 3. The zero-order valence-electron chi connectivity index (χ0n) is 22.5. The Labute approximate surface area is 237 Å². The fraction of sp³-hybridized carbons (Fsp3) is 0.290. The maximum absolute atomic E-state index is 13.4. The van der Waals surface area contributed by atoms with E-state index in [4.69, 9.17) is 11.6 Å². The summed E-state index contributed by atoms with van der Waals surface area (Å²) < 4.78 is 3.64. The van der Waals surface area contributed by atoms with E-state index in [2.05, 4.69) is 34.2 Å². The summed E-state index contributed by atoms with van der Waals surface area (Å²) in [5, 5.41) is 10.2. The van der Waals surface area contributed by atoms with E-state index in [1.54, 1.807) is 4.57 Å². The van der Waals surface area contributed by atoms with Crippen LogP contribution in [-0.2, 0) is 24.2 Å². The fourth-order valence-corrected chi connectivity index (χ4v) is 5.73. The van der Waals surface area contributed by atoms with Crippen LogP contribution in [0.1, 0.15) is 23.4 Å². The van der Waals surface area contributed by atoms with E-state index in [-0.39, 0.29) is 11.5 Å². The van der Waals surface area contributed by atoms with Crippen molar-refractivity contribution < 1.29 is 4.79 Å². The number of para-hydroxylation sites is 1. The summed E-state index contributed by atoms with van der Waals surface area (Å²) in [4.78, 5) is 30.8. The Morgan fingerprint density at radius 2 is 1.65 bits per heavy atom. The first-order chi connectivity index (χ1) is 19.5. The third kappa shape index (κ3) is 5.07. The lowest BCUT2D eigenvalue weighted by Crippen LogP contribution is -2.49. The first-order valence-corrected chi connectivity index (χ1v) is 14.1. The van der Waals surface area contributed by atoms with Crippen LogP contribution in [0.15, 0.2) is 77.6 Å². The molecule has 6 rings (SSSR count). The van der Waals surface area contributed by atoms with Crippen LogP contribution in [0.4, 0.5) is 5.69 Å². The molecule has 0 N–H and O–H groups in total.